The first-order valence-corrected chi connectivity index (χ1v) is 5.50. The summed E-state index contributed by atoms with van der Waals surface area (Å²) < 4.78 is 0. The molecule has 0 saturated carbocycles. The van der Waals surface area contributed by atoms with E-state index in [1.165, 1.54) is 19.3 Å². The smallest absolute Gasteiger partial charge is 0.164 e. The first kappa shape index (κ1) is 10.2. The van der Waals surface area contributed by atoms with Gasteiger partial charge in [-0.25, -0.2) is 9.99 Å². The van der Waals surface area contributed by atoms with Crippen LogP contribution in [0.4, 0.5) is 11.5 Å². The number of aryl methyl sites for hydroxylation is 1. The van der Waals surface area contributed by atoms with Gasteiger partial charge in [0.1, 0.15) is 0 Å². The summed E-state index contributed by atoms with van der Waals surface area (Å²) in [4.78, 5) is 4.26. The van der Waals surface area contributed by atoms with Crippen molar-refractivity contribution >= 4 is 11.5 Å². The minimum Gasteiger partial charge on any atom is -0.395 e. The predicted molar refractivity (Wildman–Crippen MR) is 62.4 cm³/mol. The maximum atomic E-state index is 5.95. The third-order valence-electron chi connectivity index (χ3n) is 2.83. The van der Waals surface area contributed by atoms with E-state index in [0.717, 1.165) is 30.2 Å². The number of hydrogen-bond donors (Lipinski definition) is 2. The molecule has 1 aliphatic heterocycles. The van der Waals surface area contributed by atoms with Crippen LogP contribution in [0.3, 0.4) is 0 Å². The number of piperidine rings is 1. The Morgan fingerprint density at radius 3 is 2.80 bits per heavy atom. The lowest BCUT2D eigenvalue weighted by Gasteiger charge is -2.27. The molecule has 1 aliphatic rings. The second-order valence-electron chi connectivity index (χ2n) is 4.05. The number of aromatic nitrogens is 1. The Morgan fingerprint density at radius 2 is 2.07 bits per heavy atom. The van der Waals surface area contributed by atoms with Crippen LogP contribution in [0.25, 0.3) is 0 Å². The van der Waals surface area contributed by atoms with Crippen LogP contribution in [-0.4, -0.2) is 23.1 Å². The molecule has 2 heterocycles. The van der Waals surface area contributed by atoms with E-state index in [-0.39, 0.29) is 0 Å². The number of nitrogens with one attached hydrogen (secondary N) is 1. The van der Waals surface area contributed by atoms with Crippen molar-refractivity contribution in [1.29, 1.82) is 0 Å². The van der Waals surface area contributed by atoms with Crippen molar-refractivity contribution in [1.82, 2.24) is 9.99 Å². The molecule has 1 aromatic heterocycles. The summed E-state index contributed by atoms with van der Waals surface area (Å²) in [5.41, 5.74) is 11.1. The fourth-order valence-electron chi connectivity index (χ4n) is 1.81. The van der Waals surface area contributed by atoms with Crippen molar-refractivity contribution in [2.24, 2.45) is 0 Å². The van der Waals surface area contributed by atoms with E-state index in [4.69, 9.17) is 5.73 Å². The molecule has 4 nitrogen and oxygen atoms in total. The second-order valence-corrected chi connectivity index (χ2v) is 4.05. The molecule has 1 aromatic rings. The molecule has 4 heteroatoms. The Bertz CT molecular complexity index is 331. The van der Waals surface area contributed by atoms with E-state index in [1.807, 2.05) is 13.0 Å². The average molecular weight is 206 g/mol. The van der Waals surface area contributed by atoms with Gasteiger partial charge in [0.15, 0.2) is 5.82 Å². The molecule has 2 rings (SSSR count). The molecule has 0 bridgehead atoms. The van der Waals surface area contributed by atoms with Gasteiger partial charge in [-0.1, -0.05) is 6.42 Å². The zero-order valence-corrected chi connectivity index (χ0v) is 9.16. The number of nitrogen functional groups attached to an aromatic ring is 1. The minimum absolute atomic E-state index is 0.753. The molecule has 0 aliphatic carbocycles. The highest BCUT2D eigenvalue weighted by atomic mass is 15.5. The lowest BCUT2D eigenvalue weighted by molar-refractivity contribution is 0.272. The summed E-state index contributed by atoms with van der Waals surface area (Å²) in [6.45, 7) is 4.16. The molecule has 0 radical (unpaired) electrons. The van der Waals surface area contributed by atoms with Crippen LogP contribution in [0, 0.1) is 6.92 Å². The number of nitrogens with two attached hydrogens (primary N) is 1. The van der Waals surface area contributed by atoms with Crippen molar-refractivity contribution in [2.45, 2.75) is 26.2 Å². The summed E-state index contributed by atoms with van der Waals surface area (Å²) in [6.07, 6.45) is 5.62. The molecule has 0 unspecified atom stereocenters. The van der Waals surface area contributed by atoms with Crippen LogP contribution >= 0.6 is 0 Å². The lowest BCUT2D eigenvalue weighted by atomic mass is 10.2. The molecule has 3 N–H and O–H groups in total. The molecule has 82 valence electrons. The van der Waals surface area contributed by atoms with Crippen molar-refractivity contribution in [3.63, 3.8) is 0 Å². The molecular formula is C11H18N4. The standard InChI is InChI=1S/C11H18N4/c1-9-5-6-13-11(10(9)12)14-15-7-3-2-4-8-15/h5-6H,2-4,7-8,12H2,1H3,(H,13,14). The Labute approximate surface area is 90.5 Å². The normalized spacial score (nSPS) is 17.7. The average Bonchev–Trinajstić information content (AvgIpc) is 2.26. The summed E-state index contributed by atoms with van der Waals surface area (Å²) in [7, 11) is 0. The SMILES string of the molecule is Cc1ccnc(NN2CCCCC2)c1N. The van der Waals surface area contributed by atoms with Gasteiger partial charge in [-0.3, -0.25) is 0 Å². The molecule has 1 saturated heterocycles. The summed E-state index contributed by atoms with van der Waals surface area (Å²) in [6, 6.07) is 1.93. The van der Waals surface area contributed by atoms with E-state index >= 15 is 0 Å². The monoisotopic (exact) mass is 206 g/mol. The molecule has 15 heavy (non-hydrogen) atoms. The number of pyridine rings is 1. The van der Waals surface area contributed by atoms with Crippen molar-refractivity contribution in [2.75, 3.05) is 24.2 Å². The summed E-state index contributed by atoms with van der Waals surface area (Å²) in [5.74, 6) is 0.789. The molecule has 0 aromatic carbocycles. The first-order valence-electron chi connectivity index (χ1n) is 5.50. The predicted octanol–water partition coefficient (Wildman–Crippen LogP) is 1.79. The van der Waals surface area contributed by atoms with Gasteiger partial charge in [-0.05, 0) is 31.4 Å². The highest BCUT2D eigenvalue weighted by Gasteiger charge is 2.11. The largest absolute Gasteiger partial charge is 0.395 e. The van der Waals surface area contributed by atoms with Gasteiger partial charge in [0, 0.05) is 19.3 Å². The number of rotatable bonds is 2. The number of anilines is 2. The first-order chi connectivity index (χ1) is 7.27. The fraction of sp³-hybridized carbons (Fsp3) is 0.545. The summed E-state index contributed by atoms with van der Waals surface area (Å²) >= 11 is 0. The Morgan fingerprint density at radius 1 is 1.33 bits per heavy atom. The highest BCUT2D eigenvalue weighted by molar-refractivity contribution is 5.64. The maximum Gasteiger partial charge on any atom is 0.164 e. The third-order valence-corrected chi connectivity index (χ3v) is 2.83. The van der Waals surface area contributed by atoms with Gasteiger partial charge in [0.25, 0.3) is 0 Å². The van der Waals surface area contributed by atoms with E-state index in [9.17, 15) is 0 Å². The van der Waals surface area contributed by atoms with Crippen LogP contribution in [0.15, 0.2) is 12.3 Å². The maximum absolute atomic E-state index is 5.95. The van der Waals surface area contributed by atoms with Crippen molar-refractivity contribution < 1.29 is 0 Å². The molecule has 1 fully saturated rings. The van der Waals surface area contributed by atoms with E-state index in [0.29, 0.717) is 0 Å². The van der Waals surface area contributed by atoms with Gasteiger partial charge in [-0.2, -0.15) is 0 Å². The third kappa shape index (κ3) is 2.39. The number of hydrogen-bond acceptors (Lipinski definition) is 4. The number of nitrogens with zero attached hydrogens (tertiary/aromatic N) is 2. The van der Waals surface area contributed by atoms with Gasteiger partial charge < -0.3 is 11.2 Å². The Kier molecular flexibility index (Phi) is 3.06. The summed E-state index contributed by atoms with van der Waals surface area (Å²) in [5, 5.41) is 2.20. The lowest BCUT2D eigenvalue weighted by Crippen LogP contribution is -2.35. The van der Waals surface area contributed by atoms with Gasteiger partial charge in [0.05, 0.1) is 5.69 Å². The fourth-order valence-corrected chi connectivity index (χ4v) is 1.81. The zero-order chi connectivity index (χ0) is 10.7. The van der Waals surface area contributed by atoms with Crippen LogP contribution in [0.1, 0.15) is 24.8 Å². The zero-order valence-electron chi connectivity index (χ0n) is 9.16. The van der Waals surface area contributed by atoms with E-state index in [2.05, 4.69) is 15.4 Å². The van der Waals surface area contributed by atoms with Gasteiger partial charge in [0.2, 0.25) is 0 Å². The van der Waals surface area contributed by atoms with Gasteiger partial charge in [-0.15, -0.1) is 0 Å². The Balaban J connectivity index is 2.06. The highest BCUT2D eigenvalue weighted by Crippen LogP contribution is 2.20. The molecule has 0 atom stereocenters. The number of hydrazine groups is 1. The van der Waals surface area contributed by atoms with Crippen molar-refractivity contribution in [3.8, 4) is 0 Å². The Hall–Kier alpha value is -1.29. The van der Waals surface area contributed by atoms with Gasteiger partial charge >= 0.3 is 0 Å². The minimum atomic E-state index is 0.753. The van der Waals surface area contributed by atoms with Crippen LogP contribution in [-0.2, 0) is 0 Å². The quantitative estimate of drug-likeness (QED) is 0.774. The van der Waals surface area contributed by atoms with E-state index in [1.54, 1.807) is 6.20 Å². The molecule has 0 amide bonds. The van der Waals surface area contributed by atoms with Crippen LogP contribution < -0.4 is 11.2 Å². The topological polar surface area (TPSA) is 54.2 Å². The van der Waals surface area contributed by atoms with Crippen LogP contribution in [0.5, 0.6) is 0 Å². The van der Waals surface area contributed by atoms with E-state index < -0.39 is 0 Å². The molecular weight excluding hydrogens is 188 g/mol. The van der Waals surface area contributed by atoms with Crippen molar-refractivity contribution in [3.05, 3.63) is 17.8 Å². The van der Waals surface area contributed by atoms with Crippen LogP contribution in [0.2, 0.25) is 0 Å². The molecule has 0 spiro atoms. The second kappa shape index (κ2) is 4.49.